The summed E-state index contributed by atoms with van der Waals surface area (Å²) in [6.07, 6.45) is 0. The van der Waals surface area contributed by atoms with Crippen molar-refractivity contribution >= 4 is 11.9 Å². The summed E-state index contributed by atoms with van der Waals surface area (Å²) in [6, 6.07) is 23.3. The zero-order chi connectivity index (χ0) is 19.1. The quantitative estimate of drug-likeness (QED) is 0.669. The number of nitrogens with one attached hydrogen (secondary N) is 1. The number of methoxy groups -OCH3 is 1. The number of ether oxygens (including phenoxy) is 2. The number of hydrogen-bond donors (Lipinski definition) is 1. The van der Waals surface area contributed by atoms with E-state index < -0.39 is 0 Å². The van der Waals surface area contributed by atoms with E-state index >= 15 is 0 Å². The van der Waals surface area contributed by atoms with Crippen LogP contribution in [0.25, 0.3) is 0 Å². The topological polar surface area (TPSA) is 64.6 Å². The maximum Gasteiger partial charge on any atom is 0.337 e. The average Bonchev–Trinajstić information content (AvgIpc) is 2.72. The highest BCUT2D eigenvalue weighted by Gasteiger charge is 2.08. The Hall–Kier alpha value is -3.60. The van der Waals surface area contributed by atoms with Crippen LogP contribution in [0.2, 0.25) is 0 Å². The van der Waals surface area contributed by atoms with Crippen LogP contribution in [-0.2, 0) is 11.3 Å². The first kappa shape index (κ1) is 18.2. The van der Waals surface area contributed by atoms with Gasteiger partial charge in [0.15, 0.2) is 0 Å². The Morgan fingerprint density at radius 3 is 2.22 bits per heavy atom. The summed E-state index contributed by atoms with van der Waals surface area (Å²) < 4.78 is 10.4. The van der Waals surface area contributed by atoms with Crippen molar-refractivity contribution in [3.8, 4) is 11.5 Å². The van der Waals surface area contributed by atoms with E-state index in [1.54, 1.807) is 48.5 Å². The van der Waals surface area contributed by atoms with Crippen LogP contribution >= 0.6 is 0 Å². The van der Waals surface area contributed by atoms with Gasteiger partial charge in [0.2, 0.25) is 0 Å². The molecule has 0 fully saturated rings. The average molecular weight is 361 g/mol. The van der Waals surface area contributed by atoms with E-state index in [1.165, 1.54) is 7.11 Å². The highest BCUT2D eigenvalue weighted by Crippen LogP contribution is 2.21. The van der Waals surface area contributed by atoms with Crippen molar-refractivity contribution in [1.29, 1.82) is 0 Å². The third-order valence-corrected chi connectivity index (χ3v) is 3.90. The molecule has 0 atom stereocenters. The fourth-order valence-electron chi connectivity index (χ4n) is 2.49. The van der Waals surface area contributed by atoms with Crippen molar-refractivity contribution in [2.45, 2.75) is 6.54 Å². The zero-order valence-corrected chi connectivity index (χ0v) is 14.8. The van der Waals surface area contributed by atoms with Gasteiger partial charge in [-0.05, 0) is 48.0 Å². The van der Waals surface area contributed by atoms with Gasteiger partial charge in [0.05, 0.1) is 12.7 Å². The Balaban J connectivity index is 1.61. The minimum atomic E-state index is -0.388. The van der Waals surface area contributed by atoms with Crippen molar-refractivity contribution in [2.24, 2.45) is 0 Å². The van der Waals surface area contributed by atoms with Gasteiger partial charge in [-0.15, -0.1) is 0 Å². The fourth-order valence-corrected chi connectivity index (χ4v) is 2.49. The van der Waals surface area contributed by atoms with Crippen LogP contribution in [0.1, 0.15) is 26.3 Å². The van der Waals surface area contributed by atoms with Crippen LogP contribution in [0.4, 0.5) is 0 Å². The minimum Gasteiger partial charge on any atom is -0.465 e. The van der Waals surface area contributed by atoms with Gasteiger partial charge in [-0.1, -0.05) is 36.4 Å². The largest absolute Gasteiger partial charge is 0.465 e. The molecule has 0 heterocycles. The van der Waals surface area contributed by atoms with Crippen LogP contribution in [0.3, 0.4) is 0 Å². The number of carbonyl (C=O) groups excluding carboxylic acids is 2. The summed E-state index contributed by atoms with van der Waals surface area (Å²) in [7, 11) is 1.34. The van der Waals surface area contributed by atoms with Gasteiger partial charge >= 0.3 is 5.97 Å². The first-order valence-electron chi connectivity index (χ1n) is 8.44. The summed E-state index contributed by atoms with van der Waals surface area (Å²) in [4.78, 5) is 23.8. The van der Waals surface area contributed by atoms with E-state index in [-0.39, 0.29) is 11.9 Å². The lowest BCUT2D eigenvalue weighted by molar-refractivity contribution is 0.0600. The van der Waals surface area contributed by atoms with E-state index in [0.717, 1.165) is 5.56 Å². The van der Waals surface area contributed by atoms with Crippen molar-refractivity contribution < 1.29 is 19.1 Å². The van der Waals surface area contributed by atoms with Gasteiger partial charge in [-0.3, -0.25) is 4.79 Å². The fraction of sp³-hybridized carbons (Fsp3) is 0.0909. The summed E-state index contributed by atoms with van der Waals surface area (Å²) in [6.45, 7) is 0.351. The maximum absolute atomic E-state index is 12.4. The molecule has 0 aliphatic rings. The second kappa shape index (κ2) is 8.67. The van der Waals surface area contributed by atoms with E-state index in [9.17, 15) is 9.59 Å². The molecule has 0 aliphatic carbocycles. The first-order chi connectivity index (χ1) is 13.2. The molecule has 0 saturated carbocycles. The number of benzene rings is 3. The van der Waals surface area contributed by atoms with Gasteiger partial charge in [0.25, 0.3) is 5.91 Å². The zero-order valence-electron chi connectivity index (χ0n) is 14.8. The molecule has 0 saturated heterocycles. The molecule has 0 radical (unpaired) electrons. The second-order valence-corrected chi connectivity index (χ2v) is 5.81. The minimum absolute atomic E-state index is 0.203. The van der Waals surface area contributed by atoms with Crippen molar-refractivity contribution in [1.82, 2.24) is 5.32 Å². The molecule has 136 valence electrons. The number of esters is 1. The van der Waals surface area contributed by atoms with E-state index in [1.807, 2.05) is 30.3 Å². The molecule has 27 heavy (non-hydrogen) atoms. The second-order valence-electron chi connectivity index (χ2n) is 5.81. The molecule has 0 unspecified atom stereocenters. The molecule has 0 spiro atoms. The smallest absolute Gasteiger partial charge is 0.337 e. The molecular formula is C22H19NO4. The monoisotopic (exact) mass is 361 g/mol. The van der Waals surface area contributed by atoms with Crippen LogP contribution in [-0.4, -0.2) is 19.0 Å². The van der Waals surface area contributed by atoms with E-state index in [0.29, 0.717) is 29.2 Å². The van der Waals surface area contributed by atoms with E-state index in [2.05, 4.69) is 10.1 Å². The normalized spacial score (nSPS) is 10.1. The Labute approximate surface area is 157 Å². The van der Waals surface area contributed by atoms with Crippen molar-refractivity contribution in [2.75, 3.05) is 7.11 Å². The summed E-state index contributed by atoms with van der Waals surface area (Å²) in [5.41, 5.74) is 1.86. The van der Waals surface area contributed by atoms with Gasteiger partial charge in [-0.25, -0.2) is 4.79 Å². The Bertz CT molecular complexity index is 921. The summed E-state index contributed by atoms with van der Waals surface area (Å²) >= 11 is 0. The summed E-state index contributed by atoms with van der Waals surface area (Å²) in [5.74, 6) is 0.711. The number of amides is 1. The van der Waals surface area contributed by atoms with Gasteiger partial charge in [0.1, 0.15) is 11.5 Å². The number of hydrogen-bond acceptors (Lipinski definition) is 4. The number of rotatable bonds is 6. The lowest BCUT2D eigenvalue weighted by atomic mass is 10.1. The molecule has 1 amide bonds. The third kappa shape index (κ3) is 4.95. The first-order valence-corrected chi connectivity index (χ1v) is 8.44. The summed E-state index contributed by atoms with van der Waals surface area (Å²) in [5, 5.41) is 2.86. The molecule has 0 bridgehead atoms. The van der Waals surface area contributed by atoms with Crippen LogP contribution in [0.15, 0.2) is 78.9 Å². The molecule has 1 N–H and O–H groups in total. The third-order valence-electron chi connectivity index (χ3n) is 3.90. The van der Waals surface area contributed by atoms with Crippen molar-refractivity contribution in [3.63, 3.8) is 0 Å². The highest BCUT2D eigenvalue weighted by molar-refractivity contribution is 5.94. The van der Waals surface area contributed by atoms with Crippen LogP contribution in [0.5, 0.6) is 11.5 Å². The molecule has 0 aliphatic heterocycles. The SMILES string of the molecule is COC(=O)c1ccc(CNC(=O)c2cccc(Oc3ccccc3)c2)cc1. The Morgan fingerprint density at radius 1 is 0.815 bits per heavy atom. The highest BCUT2D eigenvalue weighted by atomic mass is 16.5. The Kier molecular flexibility index (Phi) is 5.84. The standard InChI is InChI=1S/C22H19NO4/c1-26-22(25)17-12-10-16(11-13-17)15-23-21(24)18-6-5-9-20(14-18)27-19-7-3-2-4-8-19/h2-14H,15H2,1H3,(H,23,24). The lowest BCUT2D eigenvalue weighted by Gasteiger charge is -2.09. The Morgan fingerprint density at radius 2 is 1.52 bits per heavy atom. The molecule has 3 aromatic carbocycles. The molecule has 0 aromatic heterocycles. The number of para-hydroxylation sites is 1. The van der Waals surface area contributed by atoms with E-state index in [4.69, 9.17) is 4.74 Å². The maximum atomic E-state index is 12.4. The predicted octanol–water partition coefficient (Wildman–Crippen LogP) is 4.20. The van der Waals surface area contributed by atoms with Crippen molar-refractivity contribution in [3.05, 3.63) is 95.6 Å². The molecule has 5 nitrogen and oxygen atoms in total. The molecule has 5 heteroatoms. The van der Waals surface area contributed by atoms with Gasteiger partial charge in [-0.2, -0.15) is 0 Å². The van der Waals surface area contributed by atoms with Crippen LogP contribution < -0.4 is 10.1 Å². The molecule has 3 aromatic rings. The molecular weight excluding hydrogens is 342 g/mol. The molecule has 3 rings (SSSR count). The van der Waals surface area contributed by atoms with Crippen LogP contribution in [0, 0.1) is 0 Å². The van der Waals surface area contributed by atoms with Gasteiger partial charge in [0, 0.05) is 12.1 Å². The van der Waals surface area contributed by atoms with Gasteiger partial charge < -0.3 is 14.8 Å². The lowest BCUT2D eigenvalue weighted by Crippen LogP contribution is -2.22. The predicted molar refractivity (Wildman–Crippen MR) is 102 cm³/mol. The number of carbonyl (C=O) groups is 2.